The van der Waals surface area contributed by atoms with Gasteiger partial charge in [0.05, 0.1) is 26.1 Å². The second kappa shape index (κ2) is 10.0. The maximum atomic E-state index is 12.3. The molecule has 0 radical (unpaired) electrons. The van der Waals surface area contributed by atoms with Crippen LogP contribution in [0.5, 0.6) is 5.88 Å². The smallest absolute Gasteiger partial charge is 0.342 e. The van der Waals surface area contributed by atoms with Crippen molar-refractivity contribution in [3.8, 4) is 5.88 Å². The van der Waals surface area contributed by atoms with Gasteiger partial charge in [-0.05, 0) is 19.4 Å². The molecule has 2 aromatic rings. The molecule has 1 heterocycles. The Bertz CT molecular complexity index is 873. The summed E-state index contributed by atoms with van der Waals surface area (Å²) < 4.78 is 9.80. The number of aromatic hydroxyl groups is 1. The summed E-state index contributed by atoms with van der Waals surface area (Å²) in [5.41, 5.74) is 0.569. The van der Waals surface area contributed by atoms with E-state index < -0.39 is 23.7 Å². The Kier molecular flexibility index (Phi) is 7.44. The lowest BCUT2D eigenvalue weighted by atomic mass is 10.1. The zero-order valence-corrected chi connectivity index (χ0v) is 15.6. The molecule has 0 saturated heterocycles. The summed E-state index contributed by atoms with van der Waals surface area (Å²) in [7, 11) is 0. The Morgan fingerprint density at radius 2 is 1.71 bits per heavy atom. The van der Waals surface area contributed by atoms with Gasteiger partial charge >= 0.3 is 11.9 Å². The van der Waals surface area contributed by atoms with Gasteiger partial charge in [-0.1, -0.05) is 30.3 Å². The zero-order valence-electron chi connectivity index (χ0n) is 15.6. The molecule has 0 aliphatic heterocycles. The summed E-state index contributed by atoms with van der Waals surface area (Å²) in [6.45, 7) is 3.48. The second-order valence-corrected chi connectivity index (χ2v) is 5.63. The maximum Gasteiger partial charge on any atom is 0.342 e. The first kappa shape index (κ1) is 20.8. The number of aromatic nitrogens is 1. The van der Waals surface area contributed by atoms with E-state index in [1.54, 1.807) is 38.1 Å². The molecule has 0 bridgehead atoms. The zero-order chi connectivity index (χ0) is 20.5. The number of amides is 1. The lowest BCUT2D eigenvalue weighted by Crippen LogP contribution is -2.12. The topological polar surface area (TPSA) is 130 Å². The molecular weight excluding hydrogens is 366 g/mol. The Hall–Kier alpha value is -3.49. The number of carbonyl (C=O) groups excluding carboxylic acids is 3. The predicted octanol–water partition coefficient (Wildman–Crippen LogP) is 2.86. The van der Waals surface area contributed by atoms with E-state index >= 15 is 0 Å². The second-order valence-electron chi connectivity index (χ2n) is 5.63. The minimum atomic E-state index is -0.803. The average molecular weight is 387 g/mol. The van der Waals surface area contributed by atoms with Gasteiger partial charge in [0.2, 0.25) is 0 Å². The van der Waals surface area contributed by atoms with Crippen LogP contribution in [0.15, 0.2) is 40.6 Å². The van der Waals surface area contributed by atoms with E-state index in [1.165, 1.54) is 0 Å². The van der Waals surface area contributed by atoms with Crippen LogP contribution in [-0.4, -0.2) is 41.2 Å². The SMILES string of the molecule is CCOC(=O)Cc1c(O)[nH]c(N=NC(=O)Cc2ccccc2)c1C(=O)OCC. The minimum absolute atomic E-state index is 0.0265. The lowest BCUT2D eigenvalue weighted by Gasteiger charge is -2.05. The molecule has 1 amide bonds. The van der Waals surface area contributed by atoms with E-state index in [1.807, 2.05) is 6.07 Å². The number of rotatable bonds is 8. The van der Waals surface area contributed by atoms with Gasteiger partial charge in [-0.15, -0.1) is 10.2 Å². The molecule has 28 heavy (non-hydrogen) atoms. The number of hydrogen-bond donors (Lipinski definition) is 2. The van der Waals surface area contributed by atoms with Gasteiger partial charge in [0.15, 0.2) is 11.7 Å². The highest BCUT2D eigenvalue weighted by atomic mass is 16.5. The number of nitrogens with one attached hydrogen (secondary N) is 1. The number of benzene rings is 1. The summed E-state index contributed by atoms with van der Waals surface area (Å²) in [6.07, 6.45) is -0.334. The molecule has 9 nitrogen and oxygen atoms in total. The van der Waals surface area contributed by atoms with E-state index in [0.717, 1.165) is 5.56 Å². The highest BCUT2D eigenvalue weighted by Gasteiger charge is 2.26. The Morgan fingerprint density at radius 3 is 2.36 bits per heavy atom. The van der Waals surface area contributed by atoms with Crippen molar-refractivity contribution in [2.45, 2.75) is 26.7 Å². The standard InChI is InChI=1S/C19H21N3O6/c1-3-27-15(24)11-13-16(19(26)28-4-2)17(20-18(13)25)22-21-14(23)10-12-8-6-5-7-9-12/h5-9,20,25H,3-4,10-11H2,1-2H3. The largest absolute Gasteiger partial charge is 0.494 e. The van der Waals surface area contributed by atoms with Crippen LogP contribution < -0.4 is 0 Å². The number of H-pyrrole nitrogens is 1. The molecule has 1 aromatic heterocycles. The lowest BCUT2D eigenvalue weighted by molar-refractivity contribution is -0.142. The van der Waals surface area contributed by atoms with Crippen LogP contribution in [0, 0.1) is 0 Å². The monoisotopic (exact) mass is 387 g/mol. The van der Waals surface area contributed by atoms with Crippen LogP contribution in [0.2, 0.25) is 0 Å². The summed E-state index contributed by atoms with van der Waals surface area (Å²) in [5.74, 6) is -2.59. The van der Waals surface area contributed by atoms with Crippen molar-refractivity contribution >= 4 is 23.7 Å². The van der Waals surface area contributed by atoms with Gasteiger partial charge < -0.3 is 19.6 Å². The number of ether oxygens (including phenoxy) is 2. The van der Waals surface area contributed by atoms with Crippen molar-refractivity contribution in [1.82, 2.24) is 4.98 Å². The molecular formula is C19H21N3O6. The van der Waals surface area contributed by atoms with Crippen molar-refractivity contribution < 1.29 is 29.0 Å². The molecule has 9 heteroatoms. The number of azo groups is 1. The van der Waals surface area contributed by atoms with Crippen LogP contribution in [-0.2, 0) is 31.9 Å². The van der Waals surface area contributed by atoms with E-state index in [9.17, 15) is 19.5 Å². The van der Waals surface area contributed by atoms with E-state index in [4.69, 9.17) is 9.47 Å². The number of nitrogens with zero attached hydrogens (tertiary/aromatic N) is 2. The summed E-state index contributed by atoms with van der Waals surface area (Å²) in [5, 5.41) is 17.4. The molecule has 0 saturated carbocycles. The third-order valence-corrected chi connectivity index (χ3v) is 3.63. The summed E-state index contributed by atoms with van der Waals surface area (Å²) in [4.78, 5) is 38.5. The molecule has 2 N–H and O–H groups in total. The van der Waals surface area contributed by atoms with E-state index in [-0.39, 0.29) is 43.0 Å². The average Bonchev–Trinajstić information content (AvgIpc) is 2.97. The van der Waals surface area contributed by atoms with E-state index in [2.05, 4.69) is 15.2 Å². The molecule has 2 rings (SSSR count). The fraction of sp³-hybridized carbons (Fsp3) is 0.316. The first-order valence-electron chi connectivity index (χ1n) is 8.71. The van der Waals surface area contributed by atoms with Gasteiger partial charge in [0, 0.05) is 5.56 Å². The maximum absolute atomic E-state index is 12.3. The van der Waals surface area contributed by atoms with Gasteiger partial charge in [0.25, 0.3) is 5.91 Å². The third kappa shape index (κ3) is 5.50. The summed E-state index contributed by atoms with van der Waals surface area (Å²) in [6, 6.07) is 8.96. The number of aromatic amines is 1. The highest BCUT2D eigenvalue weighted by molar-refractivity contribution is 5.98. The molecule has 0 aliphatic rings. The van der Waals surface area contributed by atoms with Crippen molar-refractivity contribution in [1.29, 1.82) is 0 Å². The first-order valence-corrected chi connectivity index (χ1v) is 8.71. The molecule has 0 unspecified atom stereocenters. The summed E-state index contributed by atoms with van der Waals surface area (Å²) >= 11 is 0. The molecule has 0 atom stereocenters. The first-order chi connectivity index (χ1) is 13.5. The van der Waals surface area contributed by atoms with Crippen molar-refractivity contribution in [2.24, 2.45) is 10.2 Å². The quantitative estimate of drug-likeness (QED) is 0.529. The van der Waals surface area contributed by atoms with Crippen LogP contribution in [0.1, 0.15) is 35.3 Å². The van der Waals surface area contributed by atoms with Gasteiger partial charge in [-0.25, -0.2) is 4.79 Å². The van der Waals surface area contributed by atoms with Crippen molar-refractivity contribution in [2.75, 3.05) is 13.2 Å². The minimum Gasteiger partial charge on any atom is -0.494 e. The molecule has 148 valence electrons. The van der Waals surface area contributed by atoms with Gasteiger partial charge in [-0.3, -0.25) is 9.59 Å². The molecule has 0 fully saturated rings. The number of hydrogen-bond acceptors (Lipinski definition) is 7. The molecule has 1 aromatic carbocycles. The van der Waals surface area contributed by atoms with Crippen molar-refractivity contribution in [3.05, 3.63) is 47.0 Å². The van der Waals surface area contributed by atoms with Crippen molar-refractivity contribution in [3.63, 3.8) is 0 Å². The third-order valence-electron chi connectivity index (χ3n) is 3.63. The van der Waals surface area contributed by atoms with Gasteiger partial charge in [-0.2, -0.15) is 0 Å². The van der Waals surface area contributed by atoms with Gasteiger partial charge in [0.1, 0.15) is 5.56 Å². The van der Waals surface area contributed by atoms with E-state index in [0.29, 0.717) is 0 Å². The fourth-order valence-electron chi connectivity index (χ4n) is 2.45. The fourth-order valence-corrected chi connectivity index (χ4v) is 2.45. The Labute approximate surface area is 161 Å². The van der Waals surface area contributed by atoms with Crippen LogP contribution in [0.25, 0.3) is 0 Å². The normalized spacial score (nSPS) is 10.8. The van der Waals surface area contributed by atoms with Crippen LogP contribution in [0.3, 0.4) is 0 Å². The highest BCUT2D eigenvalue weighted by Crippen LogP contribution is 2.32. The molecule has 0 spiro atoms. The molecule has 0 aliphatic carbocycles. The number of esters is 2. The Morgan fingerprint density at radius 1 is 1.04 bits per heavy atom. The predicted molar refractivity (Wildman–Crippen MR) is 98.4 cm³/mol. The van der Waals surface area contributed by atoms with Crippen LogP contribution >= 0.6 is 0 Å². The number of carbonyl (C=O) groups is 3. The van der Waals surface area contributed by atoms with Crippen LogP contribution in [0.4, 0.5) is 5.82 Å². The Balaban J connectivity index is 2.28.